The van der Waals surface area contributed by atoms with Crippen LogP contribution in [0.2, 0.25) is 0 Å². The maximum Gasteiger partial charge on any atom is 0.150 e. The van der Waals surface area contributed by atoms with Gasteiger partial charge in [0.1, 0.15) is 5.75 Å². The van der Waals surface area contributed by atoms with Crippen molar-refractivity contribution in [2.75, 3.05) is 11.9 Å². The number of hydrogen-bond acceptors (Lipinski definition) is 2. The first-order valence-electron chi connectivity index (χ1n) is 5.52. The van der Waals surface area contributed by atoms with Gasteiger partial charge in [-0.1, -0.05) is 30.3 Å². The number of fused-ring (bicyclic) bond motifs is 1. The van der Waals surface area contributed by atoms with Gasteiger partial charge in [-0.15, -0.1) is 0 Å². The van der Waals surface area contributed by atoms with E-state index in [9.17, 15) is 0 Å². The molecule has 0 atom stereocenters. The number of hydrogen-bond donors (Lipinski definition) is 1. The van der Waals surface area contributed by atoms with Crippen LogP contribution in [0.5, 0.6) is 11.5 Å². The van der Waals surface area contributed by atoms with E-state index >= 15 is 0 Å². The zero-order valence-corrected chi connectivity index (χ0v) is 8.94. The van der Waals surface area contributed by atoms with E-state index in [0.717, 1.165) is 30.2 Å². The van der Waals surface area contributed by atoms with Crippen molar-refractivity contribution in [3.63, 3.8) is 0 Å². The Bertz CT molecular complexity index is 493. The van der Waals surface area contributed by atoms with Crippen LogP contribution in [0.15, 0.2) is 48.5 Å². The van der Waals surface area contributed by atoms with E-state index in [4.69, 9.17) is 4.74 Å². The van der Waals surface area contributed by atoms with Crippen LogP contribution in [0.4, 0.5) is 5.69 Å². The van der Waals surface area contributed by atoms with Crippen LogP contribution in [0.25, 0.3) is 0 Å². The Balaban J connectivity index is 1.94. The van der Waals surface area contributed by atoms with Crippen LogP contribution >= 0.6 is 0 Å². The smallest absolute Gasteiger partial charge is 0.150 e. The maximum absolute atomic E-state index is 5.86. The number of nitrogens with one attached hydrogen (secondary N) is 1. The number of anilines is 1. The van der Waals surface area contributed by atoms with Crippen molar-refractivity contribution in [1.29, 1.82) is 0 Å². The zero-order chi connectivity index (χ0) is 10.8. The van der Waals surface area contributed by atoms with Crippen molar-refractivity contribution in [3.05, 3.63) is 54.1 Å². The number of rotatable bonds is 2. The lowest BCUT2D eigenvalue weighted by atomic mass is 10.1. The van der Waals surface area contributed by atoms with Crippen molar-refractivity contribution in [2.24, 2.45) is 0 Å². The van der Waals surface area contributed by atoms with Crippen molar-refractivity contribution in [1.82, 2.24) is 0 Å². The summed E-state index contributed by atoms with van der Waals surface area (Å²) < 4.78 is 5.86. The minimum Gasteiger partial charge on any atom is -0.455 e. The van der Waals surface area contributed by atoms with Gasteiger partial charge in [-0.05, 0) is 30.2 Å². The molecule has 0 saturated carbocycles. The van der Waals surface area contributed by atoms with Gasteiger partial charge in [0.15, 0.2) is 5.75 Å². The van der Waals surface area contributed by atoms with Crippen LogP contribution in [0.3, 0.4) is 0 Å². The van der Waals surface area contributed by atoms with Crippen molar-refractivity contribution >= 4 is 5.69 Å². The quantitative estimate of drug-likeness (QED) is 0.821. The van der Waals surface area contributed by atoms with Crippen LogP contribution in [0.1, 0.15) is 5.56 Å². The topological polar surface area (TPSA) is 21.3 Å². The summed E-state index contributed by atoms with van der Waals surface area (Å²) in [6.07, 6.45) is 1.08. The van der Waals surface area contributed by atoms with E-state index in [0.29, 0.717) is 0 Å². The lowest BCUT2D eigenvalue weighted by Crippen LogP contribution is -1.94. The number of benzene rings is 2. The van der Waals surface area contributed by atoms with Gasteiger partial charge in [-0.3, -0.25) is 0 Å². The zero-order valence-electron chi connectivity index (χ0n) is 8.94. The first-order valence-corrected chi connectivity index (χ1v) is 5.52. The third-order valence-electron chi connectivity index (χ3n) is 2.78. The summed E-state index contributed by atoms with van der Waals surface area (Å²) in [6.45, 7) is 1.00. The fourth-order valence-corrected chi connectivity index (χ4v) is 2.01. The number of ether oxygens (including phenoxy) is 1. The van der Waals surface area contributed by atoms with Gasteiger partial charge in [-0.2, -0.15) is 0 Å². The van der Waals surface area contributed by atoms with E-state index < -0.39 is 0 Å². The molecule has 3 rings (SSSR count). The van der Waals surface area contributed by atoms with E-state index in [-0.39, 0.29) is 0 Å². The van der Waals surface area contributed by atoms with E-state index in [2.05, 4.69) is 11.4 Å². The lowest BCUT2D eigenvalue weighted by molar-refractivity contribution is 0.485. The highest BCUT2D eigenvalue weighted by atomic mass is 16.5. The fraction of sp³-hybridized carbons (Fsp3) is 0.143. The summed E-state index contributed by atoms with van der Waals surface area (Å²) in [5, 5.41) is 3.36. The molecular formula is C14H13NO. The van der Waals surface area contributed by atoms with Crippen LogP contribution in [-0.4, -0.2) is 6.54 Å². The van der Waals surface area contributed by atoms with Gasteiger partial charge in [0, 0.05) is 6.54 Å². The molecule has 0 aromatic heterocycles. The second-order valence-corrected chi connectivity index (χ2v) is 3.88. The average molecular weight is 211 g/mol. The van der Waals surface area contributed by atoms with Crippen molar-refractivity contribution in [3.8, 4) is 11.5 Å². The lowest BCUT2D eigenvalue weighted by Gasteiger charge is -2.10. The molecule has 2 nitrogen and oxygen atoms in total. The Kier molecular flexibility index (Phi) is 2.26. The minimum atomic E-state index is 0.879. The highest BCUT2D eigenvalue weighted by Crippen LogP contribution is 2.35. The molecule has 1 heterocycles. The Morgan fingerprint density at radius 1 is 0.938 bits per heavy atom. The van der Waals surface area contributed by atoms with Gasteiger partial charge >= 0.3 is 0 Å². The molecule has 2 heteroatoms. The molecule has 0 spiro atoms. The molecule has 0 amide bonds. The molecule has 0 aliphatic carbocycles. The van der Waals surface area contributed by atoms with Gasteiger partial charge in [0.05, 0.1) is 5.69 Å². The summed E-state index contributed by atoms with van der Waals surface area (Å²) in [6, 6.07) is 16.1. The molecule has 0 bridgehead atoms. The molecule has 0 radical (unpaired) electrons. The second kappa shape index (κ2) is 3.89. The molecule has 16 heavy (non-hydrogen) atoms. The predicted molar refractivity (Wildman–Crippen MR) is 65.2 cm³/mol. The van der Waals surface area contributed by atoms with E-state index in [1.807, 2.05) is 42.5 Å². The van der Waals surface area contributed by atoms with Crippen LogP contribution in [-0.2, 0) is 6.42 Å². The van der Waals surface area contributed by atoms with Crippen molar-refractivity contribution in [2.45, 2.75) is 6.42 Å². The molecular weight excluding hydrogens is 198 g/mol. The van der Waals surface area contributed by atoms with E-state index in [1.165, 1.54) is 5.56 Å². The largest absolute Gasteiger partial charge is 0.455 e. The summed E-state index contributed by atoms with van der Waals surface area (Å²) in [5.74, 6) is 1.80. The Morgan fingerprint density at radius 2 is 1.81 bits per heavy atom. The summed E-state index contributed by atoms with van der Waals surface area (Å²) in [4.78, 5) is 0. The highest BCUT2D eigenvalue weighted by molar-refractivity contribution is 5.65. The number of para-hydroxylation sites is 2. The average Bonchev–Trinajstić information content (AvgIpc) is 2.80. The van der Waals surface area contributed by atoms with Crippen molar-refractivity contribution < 1.29 is 4.74 Å². The van der Waals surface area contributed by atoms with Gasteiger partial charge in [0.2, 0.25) is 0 Å². The minimum absolute atomic E-state index is 0.879. The normalized spacial score (nSPS) is 13.0. The fourth-order valence-electron chi connectivity index (χ4n) is 2.01. The molecule has 1 N–H and O–H groups in total. The first kappa shape index (κ1) is 9.28. The Labute approximate surface area is 94.9 Å². The van der Waals surface area contributed by atoms with Gasteiger partial charge in [0.25, 0.3) is 0 Å². The molecule has 0 saturated heterocycles. The second-order valence-electron chi connectivity index (χ2n) is 3.88. The third-order valence-corrected chi connectivity index (χ3v) is 2.78. The summed E-state index contributed by atoms with van der Waals surface area (Å²) in [7, 11) is 0. The molecule has 2 aromatic carbocycles. The van der Waals surface area contributed by atoms with Crippen LogP contribution in [0, 0.1) is 0 Å². The first-order chi connectivity index (χ1) is 7.93. The van der Waals surface area contributed by atoms with Gasteiger partial charge in [-0.25, -0.2) is 0 Å². The molecule has 1 aliphatic heterocycles. The molecule has 1 aliphatic rings. The van der Waals surface area contributed by atoms with Crippen LogP contribution < -0.4 is 10.1 Å². The Morgan fingerprint density at radius 3 is 2.69 bits per heavy atom. The van der Waals surface area contributed by atoms with Gasteiger partial charge < -0.3 is 10.1 Å². The predicted octanol–water partition coefficient (Wildman–Crippen LogP) is 3.45. The molecule has 0 unspecified atom stereocenters. The molecule has 80 valence electrons. The summed E-state index contributed by atoms with van der Waals surface area (Å²) in [5.41, 5.74) is 2.49. The standard InChI is InChI=1S/C14H13NO/c1-2-6-12(7-3-1)16-13-8-4-5-11-9-10-15-14(11)13/h1-8,15H,9-10H2. The SMILES string of the molecule is c1ccc(Oc2cccc3c2NCC3)cc1. The molecule has 0 fully saturated rings. The summed E-state index contributed by atoms with van der Waals surface area (Å²) >= 11 is 0. The van der Waals surface area contributed by atoms with E-state index in [1.54, 1.807) is 0 Å². The third kappa shape index (κ3) is 1.63. The highest BCUT2D eigenvalue weighted by Gasteiger charge is 2.14. The molecule has 2 aromatic rings. The Hall–Kier alpha value is -1.96. The maximum atomic E-state index is 5.86. The monoisotopic (exact) mass is 211 g/mol.